The molecule has 0 fully saturated rings. The molecule has 2 aromatic rings. The molecule has 0 radical (unpaired) electrons. The van der Waals surface area contributed by atoms with Crippen LogP contribution in [0.2, 0.25) is 0 Å². The van der Waals surface area contributed by atoms with Crippen LogP contribution in [-0.2, 0) is 16.3 Å². The molecule has 2 heterocycles. The first kappa shape index (κ1) is 15.6. The monoisotopic (exact) mass is 308 g/mol. The van der Waals surface area contributed by atoms with E-state index in [4.69, 9.17) is 4.74 Å². The maximum atomic E-state index is 12.1. The molecule has 2 rings (SSSR count). The fourth-order valence-corrected chi connectivity index (χ4v) is 1.68. The van der Waals surface area contributed by atoms with Gasteiger partial charge in [0.15, 0.2) is 0 Å². The highest BCUT2D eigenvalue weighted by Crippen LogP contribution is 2.15. The predicted octanol–water partition coefficient (Wildman–Crippen LogP) is 1.18. The fourth-order valence-electron chi connectivity index (χ4n) is 1.68. The number of ether oxygens (including phenoxy) is 1. The van der Waals surface area contributed by atoms with E-state index in [9.17, 15) is 14.9 Å². The number of rotatable bonds is 7. The smallest absolute Gasteiger partial charge is 0.307 e. The summed E-state index contributed by atoms with van der Waals surface area (Å²) in [5.74, 6) is -0.353. The van der Waals surface area contributed by atoms with Gasteiger partial charge in [-0.1, -0.05) is 0 Å². The molecule has 0 aliphatic rings. The van der Waals surface area contributed by atoms with Crippen molar-refractivity contribution in [3.63, 3.8) is 0 Å². The topological polar surface area (TPSA) is 117 Å². The highest BCUT2D eigenvalue weighted by Gasteiger charge is 2.19. The van der Waals surface area contributed by atoms with Crippen LogP contribution < -0.4 is 5.32 Å². The number of amides is 1. The van der Waals surface area contributed by atoms with Crippen LogP contribution in [0.1, 0.15) is 19.9 Å². The van der Waals surface area contributed by atoms with E-state index < -0.39 is 11.0 Å². The summed E-state index contributed by atoms with van der Waals surface area (Å²) in [5, 5.41) is 21.1. The van der Waals surface area contributed by atoms with Gasteiger partial charge in [-0.05, 0) is 13.8 Å². The molecule has 1 unspecified atom stereocenters. The van der Waals surface area contributed by atoms with Crippen LogP contribution in [-0.4, -0.2) is 37.0 Å². The van der Waals surface area contributed by atoms with E-state index in [-0.39, 0.29) is 11.6 Å². The predicted molar refractivity (Wildman–Crippen MR) is 76.1 cm³/mol. The summed E-state index contributed by atoms with van der Waals surface area (Å²) in [6, 6.07) is -0.691. The summed E-state index contributed by atoms with van der Waals surface area (Å²) >= 11 is 0. The third-order valence-electron chi connectivity index (χ3n) is 2.90. The van der Waals surface area contributed by atoms with E-state index in [0.717, 1.165) is 6.20 Å². The molecular weight excluding hydrogens is 292 g/mol. The molecule has 10 nitrogen and oxygen atoms in total. The van der Waals surface area contributed by atoms with Gasteiger partial charge < -0.3 is 10.1 Å². The van der Waals surface area contributed by atoms with Crippen LogP contribution in [0.3, 0.4) is 0 Å². The van der Waals surface area contributed by atoms with E-state index in [1.54, 1.807) is 17.8 Å². The number of carbonyl (C=O) groups excluding carboxylic acids is 1. The lowest BCUT2D eigenvalue weighted by atomic mass is 10.3. The lowest BCUT2D eigenvalue weighted by Gasteiger charge is -2.10. The molecule has 22 heavy (non-hydrogen) atoms. The van der Waals surface area contributed by atoms with Gasteiger partial charge in [-0.2, -0.15) is 10.2 Å². The zero-order chi connectivity index (χ0) is 16.1. The third kappa shape index (κ3) is 3.67. The zero-order valence-corrected chi connectivity index (χ0v) is 12.2. The molecule has 0 aliphatic carbocycles. The van der Waals surface area contributed by atoms with E-state index in [1.807, 2.05) is 6.92 Å². The normalized spacial score (nSPS) is 12.1. The number of hydrogen-bond donors (Lipinski definition) is 1. The molecule has 1 atom stereocenters. The van der Waals surface area contributed by atoms with Crippen molar-refractivity contribution in [2.45, 2.75) is 26.6 Å². The number of hydrogen-bond acceptors (Lipinski definition) is 6. The van der Waals surface area contributed by atoms with E-state index >= 15 is 0 Å². The van der Waals surface area contributed by atoms with Crippen molar-refractivity contribution in [3.8, 4) is 0 Å². The molecule has 0 bridgehead atoms. The van der Waals surface area contributed by atoms with Gasteiger partial charge in [-0.3, -0.25) is 19.6 Å². The van der Waals surface area contributed by atoms with Crippen molar-refractivity contribution in [3.05, 3.63) is 34.9 Å². The number of nitrogens with zero attached hydrogens (tertiary/aromatic N) is 5. The first-order chi connectivity index (χ1) is 10.5. The Labute approximate surface area is 125 Å². The lowest BCUT2D eigenvalue weighted by Crippen LogP contribution is -2.23. The summed E-state index contributed by atoms with van der Waals surface area (Å²) in [4.78, 5) is 22.2. The van der Waals surface area contributed by atoms with Crippen LogP contribution in [0.25, 0.3) is 0 Å². The minimum Gasteiger partial charge on any atom is -0.360 e. The Balaban J connectivity index is 1.98. The quantitative estimate of drug-likeness (QED) is 0.606. The minimum atomic E-state index is -0.691. The Hall–Kier alpha value is -2.75. The van der Waals surface area contributed by atoms with Crippen molar-refractivity contribution in [1.29, 1.82) is 0 Å². The Bertz CT molecular complexity index is 664. The first-order valence-corrected chi connectivity index (χ1v) is 6.61. The van der Waals surface area contributed by atoms with Crippen molar-refractivity contribution < 1.29 is 14.5 Å². The van der Waals surface area contributed by atoms with E-state index in [2.05, 4.69) is 15.5 Å². The van der Waals surface area contributed by atoms with Gasteiger partial charge in [0.25, 0.3) is 0 Å². The van der Waals surface area contributed by atoms with Crippen molar-refractivity contribution in [2.75, 3.05) is 11.9 Å². The van der Waals surface area contributed by atoms with Crippen LogP contribution in [0, 0.1) is 10.1 Å². The number of aromatic nitrogens is 4. The van der Waals surface area contributed by atoms with Crippen molar-refractivity contribution >= 4 is 17.3 Å². The average molecular weight is 308 g/mol. The van der Waals surface area contributed by atoms with Gasteiger partial charge >= 0.3 is 5.69 Å². The van der Waals surface area contributed by atoms with Crippen LogP contribution in [0.15, 0.2) is 24.8 Å². The SMILES string of the molecule is CCOCn1cc(NC(=O)C(C)n2cc([N+](=O)[O-])cn2)cn1. The Morgan fingerprint density at radius 1 is 1.45 bits per heavy atom. The maximum absolute atomic E-state index is 12.1. The van der Waals surface area contributed by atoms with Gasteiger partial charge in [-0.15, -0.1) is 0 Å². The average Bonchev–Trinajstić information content (AvgIpc) is 3.13. The second kappa shape index (κ2) is 6.80. The van der Waals surface area contributed by atoms with E-state index in [1.165, 1.54) is 17.1 Å². The molecule has 1 N–H and O–H groups in total. The molecule has 118 valence electrons. The van der Waals surface area contributed by atoms with Gasteiger partial charge in [0, 0.05) is 6.61 Å². The summed E-state index contributed by atoms with van der Waals surface area (Å²) in [6.07, 6.45) is 5.44. The second-order valence-electron chi connectivity index (χ2n) is 4.49. The zero-order valence-electron chi connectivity index (χ0n) is 12.2. The number of carbonyl (C=O) groups is 1. The molecule has 0 aromatic carbocycles. The number of nitro groups is 1. The second-order valence-corrected chi connectivity index (χ2v) is 4.49. The highest BCUT2D eigenvalue weighted by molar-refractivity contribution is 5.93. The summed E-state index contributed by atoms with van der Waals surface area (Å²) in [7, 11) is 0. The molecule has 0 spiro atoms. The number of nitrogens with one attached hydrogen (secondary N) is 1. The number of anilines is 1. The molecule has 0 saturated heterocycles. The van der Waals surface area contributed by atoms with Gasteiger partial charge in [-0.25, -0.2) is 4.68 Å². The molecular formula is C12H16N6O4. The summed E-state index contributed by atoms with van der Waals surface area (Å²) in [6.45, 7) is 4.33. The van der Waals surface area contributed by atoms with Gasteiger partial charge in [0.2, 0.25) is 5.91 Å². The summed E-state index contributed by atoms with van der Waals surface area (Å²) in [5.41, 5.74) is 0.349. The fraction of sp³-hybridized carbons (Fsp3) is 0.417. The van der Waals surface area contributed by atoms with Crippen LogP contribution >= 0.6 is 0 Å². The first-order valence-electron chi connectivity index (χ1n) is 6.61. The van der Waals surface area contributed by atoms with Gasteiger partial charge in [0.05, 0.1) is 23.0 Å². The molecule has 10 heteroatoms. The molecule has 2 aromatic heterocycles. The van der Waals surface area contributed by atoms with Crippen molar-refractivity contribution in [1.82, 2.24) is 19.6 Å². The maximum Gasteiger partial charge on any atom is 0.307 e. The molecule has 0 saturated carbocycles. The van der Waals surface area contributed by atoms with E-state index in [0.29, 0.717) is 19.0 Å². The van der Waals surface area contributed by atoms with Gasteiger partial charge in [0.1, 0.15) is 25.2 Å². The highest BCUT2D eigenvalue weighted by atomic mass is 16.6. The largest absolute Gasteiger partial charge is 0.360 e. The molecule has 0 aliphatic heterocycles. The Morgan fingerprint density at radius 3 is 2.86 bits per heavy atom. The lowest BCUT2D eigenvalue weighted by molar-refractivity contribution is -0.385. The molecule has 1 amide bonds. The van der Waals surface area contributed by atoms with Crippen molar-refractivity contribution in [2.24, 2.45) is 0 Å². The Kier molecular flexibility index (Phi) is 4.84. The summed E-state index contributed by atoms with van der Waals surface area (Å²) < 4.78 is 7.97. The van der Waals surface area contributed by atoms with Crippen LogP contribution in [0.5, 0.6) is 0 Å². The third-order valence-corrected chi connectivity index (χ3v) is 2.90. The Morgan fingerprint density at radius 2 is 2.23 bits per heavy atom. The minimum absolute atomic E-state index is 0.163. The van der Waals surface area contributed by atoms with Crippen LogP contribution in [0.4, 0.5) is 11.4 Å². The standard InChI is InChI=1S/C12H16N6O4/c1-3-22-8-16-6-10(4-13-16)15-12(19)9(2)17-7-11(5-14-17)18(20)21/h4-7,9H,3,8H2,1-2H3,(H,15,19).